The van der Waals surface area contributed by atoms with Gasteiger partial charge < -0.3 is 19.5 Å². The van der Waals surface area contributed by atoms with Crippen LogP contribution in [0.5, 0.6) is 17.2 Å². The van der Waals surface area contributed by atoms with Gasteiger partial charge in [0.25, 0.3) is 5.91 Å². The average molecular weight is 384 g/mol. The van der Waals surface area contributed by atoms with Crippen molar-refractivity contribution in [2.75, 3.05) is 25.7 Å². The molecule has 1 aliphatic rings. The van der Waals surface area contributed by atoms with E-state index in [9.17, 15) is 4.79 Å². The quantitative estimate of drug-likeness (QED) is 0.609. The Balaban J connectivity index is 1.87. The zero-order chi connectivity index (χ0) is 19.4. The Bertz CT molecular complexity index is 893. The molecule has 6 nitrogen and oxygen atoms in total. The molecule has 1 fully saturated rings. The highest BCUT2D eigenvalue weighted by Crippen LogP contribution is 2.30. The monoisotopic (exact) mass is 384 g/mol. The molecule has 2 aromatic rings. The first-order valence-corrected chi connectivity index (χ1v) is 8.80. The Morgan fingerprint density at radius 2 is 1.81 bits per heavy atom. The number of hydrogen-bond acceptors (Lipinski definition) is 5. The predicted octanol–water partition coefficient (Wildman–Crippen LogP) is 3.36. The average Bonchev–Trinajstić information content (AvgIpc) is 2.96. The third-order valence-electron chi connectivity index (χ3n) is 4.01. The number of hydrogen-bond donors (Lipinski definition) is 1. The Labute approximate surface area is 163 Å². The summed E-state index contributed by atoms with van der Waals surface area (Å²) in [4.78, 5) is 14.3. The summed E-state index contributed by atoms with van der Waals surface area (Å²) in [5.41, 5.74) is 1.86. The van der Waals surface area contributed by atoms with Gasteiger partial charge in [0, 0.05) is 0 Å². The first-order valence-electron chi connectivity index (χ1n) is 8.39. The van der Waals surface area contributed by atoms with Gasteiger partial charge in [-0.25, -0.2) is 0 Å². The van der Waals surface area contributed by atoms with Crippen molar-refractivity contribution in [3.05, 3.63) is 53.7 Å². The minimum Gasteiger partial charge on any atom is -0.497 e. The van der Waals surface area contributed by atoms with Crippen LogP contribution in [-0.4, -0.2) is 31.8 Å². The summed E-state index contributed by atoms with van der Waals surface area (Å²) < 4.78 is 16.0. The molecular formula is C20H20N2O4S. The van der Waals surface area contributed by atoms with Crippen LogP contribution in [0.1, 0.15) is 12.5 Å². The second-order valence-electron chi connectivity index (χ2n) is 5.67. The van der Waals surface area contributed by atoms with E-state index in [0.717, 1.165) is 5.56 Å². The second-order valence-corrected chi connectivity index (χ2v) is 6.06. The molecule has 0 radical (unpaired) electrons. The van der Waals surface area contributed by atoms with E-state index in [0.29, 0.717) is 40.4 Å². The number of nitrogens with one attached hydrogen (secondary N) is 1. The predicted molar refractivity (Wildman–Crippen MR) is 108 cm³/mol. The molecule has 27 heavy (non-hydrogen) atoms. The molecule has 0 unspecified atom stereocenters. The first-order chi connectivity index (χ1) is 13.1. The fourth-order valence-corrected chi connectivity index (χ4v) is 3.01. The summed E-state index contributed by atoms with van der Waals surface area (Å²) in [6.45, 7) is 2.45. The van der Waals surface area contributed by atoms with E-state index in [1.807, 2.05) is 25.1 Å². The molecule has 0 saturated carbocycles. The molecule has 1 N–H and O–H groups in total. The van der Waals surface area contributed by atoms with E-state index in [1.165, 1.54) is 4.90 Å². The van der Waals surface area contributed by atoms with Crippen LogP contribution in [0, 0.1) is 0 Å². The third-order valence-corrected chi connectivity index (χ3v) is 4.29. The number of thiocarbonyl (C=S) groups is 1. The molecule has 0 aromatic heterocycles. The number of methoxy groups -OCH3 is 2. The number of rotatable bonds is 6. The van der Waals surface area contributed by atoms with Crippen molar-refractivity contribution in [3.63, 3.8) is 0 Å². The highest BCUT2D eigenvalue weighted by molar-refractivity contribution is 7.80. The Kier molecular flexibility index (Phi) is 5.61. The summed E-state index contributed by atoms with van der Waals surface area (Å²) in [5.74, 6) is 1.74. The van der Waals surface area contributed by atoms with Gasteiger partial charge in [0.1, 0.15) is 11.4 Å². The largest absolute Gasteiger partial charge is 0.497 e. The molecule has 0 bridgehead atoms. The lowest BCUT2D eigenvalue weighted by Crippen LogP contribution is -2.30. The summed E-state index contributed by atoms with van der Waals surface area (Å²) in [6.07, 6.45) is 1.73. The van der Waals surface area contributed by atoms with Crippen molar-refractivity contribution in [3.8, 4) is 17.2 Å². The topological polar surface area (TPSA) is 60.0 Å². The third kappa shape index (κ3) is 3.88. The summed E-state index contributed by atoms with van der Waals surface area (Å²) in [7, 11) is 3.17. The van der Waals surface area contributed by atoms with Gasteiger partial charge in [-0.05, 0) is 67.2 Å². The van der Waals surface area contributed by atoms with Crippen LogP contribution in [-0.2, 0) is 4.79 Å². The van der Waals surface area contributed by atoms with Crippen molar-refractivity contribution in [2.24, 2.45) is 0 Å². The van der Waals surface area contributed by atoms with Gasteiger partial charge in [-0.1, -0.05) is 6.07 Å². The Morgan fingerprint density at radius 1 is 1.07 bits per heavy atom. The summed E-state index contributed by atoms with van der Waals surface area (Å²) in [5, 5.41) is 3.30. The number of benzene rings is 2. The van der Waals surface area contributed by atoms with Crippen LogP contribution >= 0.6 is 12.2 Å². The van der Waals surface area contributed by atoms with Gasteiger partial charge in [0.15, 0.2) is 16.6 Å². The zero-order valence-electron chi connectivity index (χ0n) is 15.3. The summed E-state index contributed by atoms with van der Waals surface area (Å²) in [6, 6.07) is 12.6. The first kappa shape index (κ1) is 18.7. The Hall–Kier alpha value is -3.06. The SMILES string of the molecule is CCOc1ccc(/C=C2\NC(=S)N(c3ccc(OC)cc3)C2=O)cc1OC. The number of ether oxygens (including phenoxy) is 3. The van der Waals surface area contributed by atoms with E-state index >= 15 is 0 Å². The van der Waals surface area contributed by atoms with Crippen molar-refractivity contribution >= 4 is 35.0 Å². The smallest absolute Gasteiger partial charge is 0.281 e. The highest BCUT2D eigenvalue weighted by atomic mass is 32.1. The van der Waals surface area contributed by atoms with Crippen LogP contribution in [0.4, 0.5) is 5.69 Å². The molecule has 7 heteroatoms. The molecule has 1 saturated heterocycles. The van der Waals surface area contributed by atoms with Gasteiger partial charge >= 0.3 is 0 Å². The maximum absolute atomic E-state index is 12.8. The Morgan fingerprint density at radius 3 is 2.44 bits per heavy atom. The lowest BCUT2D eigenvalue weighted by atomic mass is 10.1. The summed E-state index contributed by atoms with van der Waals surface area (Å²) >= 11 is 5.34. The molecule has 0 aliphatic carbocycles. The van der Waals surface area contributed by atoms with Crippen molar-refractivity contribution < 1.29 is 19.0 Å². The lowest BCUT2D eigenvalue weighted by molar-refractivity contribution is -0.113. The standard InChI is InChI=1S/C20H20N2O4S/c1-4-26-17-10-5-13(12-18(17)25-3)11-16-19(23)22(20(27)21-16)14-6-8-15(24-2)9-7-14/h5-12H,4H2,1-3H3,(H,21,27)/b16-11-. The maximum atomic E-state index is 12.8. The van der Waals surface area contributed by atoms with Crippen molar-refractivity contribution in [1.29, 1.82) is 0 Å². The molecule has 1 aliphatic heterocycles. The number of anilines is 1. The highest BCUT2D eigenvalue weighted by Gasteiger charge is 2.32. The van der Waals surface area contributed by atoms with E-state index in [2.05, 4.69) is 5.32 Å². The van der Waals surface area contributed by atoms with Crippen LogP contribution < -0.4 is 24.4 Å². The van der Waals surface area contributed by atoms with Crippen molar-refractivity contribution in [2.45, 2.75) is 6.92 Å². The normalized spacial score (nSPS) is 15.1. The molecule has 0 spiro atoms. The van der Waals surface area contributed by atoms with Crippen LogP contribution in [0.2, 0.25) is 0 Å². The zero-order valence-corrected chi connectivity index (χ0v) is 16.1. The molecular weight excluding hydrogens is 364 g/mol. The van der Waals surface area contributed by atoms with E-state index in [-0.39, 0.29) is 5.91 Å². The van der Waals surface area contributed by atoms with Crippen LogP contribution in [0.25, 0.3) is 6.08 Å². The fourth-order valence-electron chi connectivity index (χ4n) is 2.72. The molecule has 0 atom stereocenters. The van der Waals surface area contributed by atoms with Gasteiger partial charge in [0.2, 0.25) is 0 Å². The van der Waals surface area contributed by atoms with E-state index in [4.69, 9.17) is 26.4 Å². The van der Waals surface area contributed by atoms with Crippen LogP contribution in [0.15, 0.2) is 48.2 Å². The molecule has 1 amide bonds. The number of carbonyl (C=O) groups is 1. The molecule has 140 valence electrons. The maximum Gasteiger partial charge on any atom is 0.281 e. The van der Waals surface area contributed by atoms with E-state index < -0.39 is 0 Å². The second kappa shape index (κ2) is 8.09. The fraction of sp³-hybridized carbons (Fsp3) is 0.200. The number of amides is 1. The minimum absolute atomic E-state index is 0.224. The van der Waals surface area contributed by atoms with Gasteiger partial charge in [-0.15, -0.1) is 0 Å². The van der Waals surface area contributed by atoms with Gasteiger partial charge in [0.05, 0.1) is 26.5 Å². The number of nitrogens with zero attached hydrogens (tertiary/aromatic N) is 1. The van der Waals surface area contributed by atoms with Crippen molar-refractivity contribution in [1.82, 2.24) is 5.32 Å². The molecule has 3 rings (SSSR count). The molecule has 1 heterocycles. The lowest BCUT2D eigenvalue weighted by Gasteiger charge is -2.14. The van der Waals surface area contributed by atoms with E-state index in [1.54, 1.807) is 44.6 Å². The number of carbonyl (C=O) groups excluding carboxylic acids is 1. The van der Waals surface area contributed by atoms with Gasteiger partial charge in [-0.2, -0.15) is 0 Å². The van der Waals surface area contributed by atoms with Gasteiger partial charge in [-0.3, -0.25) is 9.69 Å². The molecule has 2 aromatic carbocycles. The van der Waals surface area contributed by atoms with Crippen LogP contribution in [0.3, 0.4) is 0 Å². The minimum atomic E-state index is -0.224.